The van der Waals surface area contributed by atoms with Crippen LogP contribution in [0, 0.1) is 6.92 Å². The summed E-state index contributed by atoms with van der Waals surface area (Å²) in [6.45, 7) is 4.74. The van der Waals surface area contributed by atoms with Gasteiger partial charge in [-0.15, -0.1) is 0 Å². The van der Waals surface area contributed by atoms with Crippen LogP contribution in [0.3, 0.4) is 0 Å². The quantitative estimate of drug-likeness (QED) is 0.879. The molecule has 104 valence electrons. The zero-order valence-electron chi connectivity index (χ0n) is 11.5. The van der Waals surface area contributed by atoms with Gasteiger partial charge in [0.15, 0.2) is 0 Å². The van der Waals surface area contributed by atoms with Crippen LogP contribution in [0.15, 0.2) is 42.5 Å². The van der Waals surface area contributed by atoms with E-state index in [4.69, 9.17) is 11.6 Å². The van der Waals surface area contributed by atoms with Crippen LogP contribution in [-0.2, 0) is 0 Å². The summed E-state index contributed by atoms with van der Waals surface area (Å²) in [5.74, 6) is -0.132. The van der Waals surface area contributed by atoms with E-state index < -0.39 is 0 Å². The molecule has 0 spiro atoms. The number of anilines is 2. The molecule has 0 saturated heterocycles. The number of hydrogen-bond acceptors (Lipinski definition) is 2. The van der Waals surface area contributed by atoms with Crippen LogP contribution >= 0.6 is 11.6 Å². The lowest BCUT2D eigenvalue weighted by Crippen LogP contribution is -2.15. The Labute approximate surface area is 124 Å². The first-order valence-electron chi connectivity index (χ1n) is 6.51. The van der Waals surface area contributed by atoms with E-state index in [1.165, 1.54) is 0 Å². The molecule has 2 rings (SSSR count). The maximum atomic E-state index is 12.4. The molecule has 0 radical (unpaired) electrons. The fourth-order valence-electron chi connectivity index (χ4n) is 1.92. The number of carbonyl (C=O) groups excluding carboxylic acids is 1. The van der Waals surface area contributed by atoms with E-state index in [-0.39, 0.29) is 5.91 Å². The molecule has 0 fully saturated rings. The van der Waals surface area contributed by atoms with Crippen molar-refractivity contribution in [1.82, 2.24) is 0 Å². The Balaban J connectivity index is 2.23. The Bertz CT molecular complexity index is 608. The molecule has 2 aromatic carbocycles. The Morgan fingerprint density at radius 3 is 2.50 bits per heavy atom. The molecule has 0 aliphatic heterocycles. The maximum Gasteiger partial charge on any atom is 0.257 e. The second kappa shape index (κ2) is 6.44. The fraction of sp³-hybridized carbons (Fsp3) is 0.188. The summed E-state index contributed by atoms with van der Waals surface area (Å²) in [5.41, 5.74) is 3.25. The van der Waals surface area contributed by atoms with E-state index >= 15 is 0 Å². The number of hydrogen-bond donors (Lipinski definition) is 2. The summed E-state index contributed by atoms with van der Waals surface area (Å²) >= 11 is 5.83. The summed E-state index contributed by atoms with van der Waals surface area (Å²) in [6.07, 6.45) is 0. The highest BCUT2D eigenvalue weighted by atomic mass is 35.5. The minimum Gasteiger partial charge on any atom is -0.385 e. The van der Waals surface area contributed by atoms with Gasteiger partial charge in [-0.1, -0.05) is 23.2 Å². The largest absolute Gasteiger partial charge is 0.385 e. The number of halogens is 1. The lowest BCUT2D eigenvalue weighted by Gasteiger charge is -2.12. The molecule has 3 nitrogen and oxygen atoms in total. The van der Waals surface area contributed by atoms with Gasteiger partial charge in [0.2, 0.25) is 0 Å². The molecule has 0 aliphatic rings. The first-order chi connectivity index (χ1) is 9.60. The third-order valence-electron chi connectivity index (χ3n) is 2.89. The summed E-state index contributed by atoms with van der Waals surface area (Å²) < 4.78 is 0. The lowest BCUT2D eigenvalue weighted by molar-refractivity contribution is 0.102. The van der Waals surface area contributed by atoms with Gasteiger partial charge in [-0.25, -0.2) is 0 Å². The third-order valence-corrected chi connectivity index (χ3v) is 3.14. The van der Waals surface area contributed by atoms with E-state index in [1.54, 1.807) is 24.3 Å². The predicted molar refractivity (Wildman–Crippen MR) is 84.7 cm³/mol. The molecule has 20 heavy (non-hydrogen) atoms. The van der Waals surface area contributed by atoms with Crippen LogP contribution < -0.4 is 10.6 Å². The lowest BCUT2D eigenvalue weighted by atomic mass is 10.1. The number of carbonyl (C=O) groups is 1. The van der Waals surface area contributed by atoms with Crippen molar-refractivity contribution in [1.29, 1.82) is 0 Å². The van der Waals surface area contributed by atoms with Gasteiger partial charge in [0.1, 0.15) is 0 Å². The zero-order chi connectivity index (χ0) is 14.5. The summed E-state index contributed by atoms with van der Waals surface area (Å²) in [7, 11) is 0. The minimum absolute atomic E-state index is 0.132. The van der Waals surface area contributed by atoms with Crippen molar-refractivity contribution in [3.8, 4) is 0 Å². The molecule has 0 unspecified atom stereocenters. The molecule has 0 heterocycles. The summed E-state index contributed by atoms with van der Waals surface area (Å²) in [6, 6.07) is 12.8. The van der Waals surface area contributed by atoms with E-state index in [9.17, 15) is 4.79 Å². The molecule has 1 amide bonds. The monoisotopic (exact) mass is 288 g/mol. The van der Waals surface area contributed by atoms with Gasteiger partial charge in [-0.05, 0) is 50.2 Å². The highest BCUT2D eigenvalue weighted by molar-refractivity contribution is 6.30. The first-order valence-corrected chi connectivity index (χ1v) is 6.89. The van der Waals surface area contributed by atoms with Gasteiger partial charge in [0.05, 0.1) is 5.56 Å². The molecule has 0 aliphatic carbocycles. The zero-order valence-corrected chi connectivity index (χ0v) is 12.3. The Kier molecular flexibility index (Phi) is 4.64. The van der Waals surface area contributed by atoms with Crippen molar-refractivity contribution < 1.29 is 4.79 Å². The average molecular weight is 289 g/mol. The molecule has 4 heteroatoms. The smallest absolute Gasteiger partial charge is 0.257 e. The number of rotatable bonds is 4. The molecule has 0 aromatic heterocycles. The summed E-state index contributed by atoms with van der Waals surface area (Å²) in [5, 5.41) is 6.72. The SMILES string of the molecule is CCNc1ccc(C)cc1C(=O)Nc1ccc(Cl)cc1. The van der Waals surface area contributed by atoms with Gasteiger partial charge in [0.25, 0.3) is 5.91 Å². The van der Waals surface area contributed by atoms with Gasteiger partial charge in [-0.3, -0.25) is 4.79 Å². The molecule has 0 saturated carbocycles. The van der Waals surface area contributed by atoms with Crippen molar-refractivity contribution in [2.45, 2.75) is 13.8 Å². The van der Waals surface area contributed by atoms with E-state index in [1.807, 2.05) is 32.0 Å². The van der Waals surface area contributed by atoms with E-state index in [0.717, 1.165) is 23.5 Å². The maximum absolute atomic E-state index is 12.4. The van der Waals surface area contributed by atoms with Crippen molar-refractivity contribution in [2.75, 3.05) is 17.2 Å². The molecular weight excluding hydrogens is 272 g/mol. The Morgan fingerprint density at radius 2 is 1.85 bits per heavy atom. The van der Waals surface area contributed by atoms with Gasteiger partial charge in [-0.2, -0.15) is 0 Å². The third kappa shape index (κ3) is 3.52. The first kappa shape index (κ1) is 14.4. The highest BCUT2D eigenvalue weighted by Gasteiger charge is 2.11. The Morgan fingerprint density at radius 1 is 1.15 bits per heavy atom. The predicted octanol–water partition coefficient (Wildman–Crippen LogP) is 4.33. The van der Waals surface area contributed by atoms with Gasteiger partial charge >= 0.3 is 0 Å². The van der Waals surface area contributed by atoms with Crippen LogP contribution in [-0.4, -0.2) is 12.5 Å². The van der Waals surface area contributed by atoms with Crippen LogP contribution in [0.1, 0.15) is 22.8 Å². The van der Waals surface area contributed by atoms with Crippen LogP contribution in [0.5, 0.6) is 0 Å². The van der Waals surface area contributed by atoms with Crippen molar-refractivity contribution in [2.24, 2.45) is 0 Å². The fourth-order valence-corrected chi connectivity index (χ4v) is 2.05. The number of nitrogens with one attached hydrogen (secondary N) is 2. The van der Waals surface area contributed by atoms with Crippen LogP contribution in [0.2, 0.25) is 5.02 Å². The van der Waals surface area contributed by atoms with E-state index in [0.29, 0.717) is 10.6 Å². The van der Waals surface area contributed by atoms with Crippen molar-refractivity contribution >= 4 is 28.9 Å². The van der Waals surface area contributed by atoms with Crippen molar-refractivity contribution in [3.63, 3.8) is 0 Å². The second-order valence-corrected chi connectivity index (χ2v) is 4.98. The van der Waals surface area contributed by atoms with E-state index in [2.05, 4.69) is 10.6 Å². The summed E-state index contributed by atoms with van der Waals surface area (Å²) in [4.78, 5) is 12.4. The average Bonchev–Trinajstić information content (AvgIpc) is 2.43. The molecule has 0 atom stereocenters. The van der Waals surface area contributed by atoms with Gasteiger partial charge < -0.3 is 10.6 Å². The molecule has 0 bridgehead atoms. The molecule has 2 N–H and O–H groups in total. The van der Waals surface area contributed by atoms with Crippen LogP contribution in [0.25, 0.3) is 0 Å². The van der Waals surface area contributed by atoms with Gasteiger partial charge in [0, 0.05) is 22.9 Å². The van der Waals surface area contributed by atoms with Crippen molar-refractivity contribution in [3.05, 3.63) is 58.6 Å². The number of amides is 1. The highest BCUT2D eigenvalue weighted by Crippen LogP contribution is 2.20. The standard InChI is InChI=1S/C16H17ClN2O/c1-3-18-15-9-4-11(2)10-14(15)16(20)19-13-7-5-12(17)6-8-13/h4-10,18H,3H2,1-2H3,(H,19,20). The Hall–Kier alpha value is -2.00. The minimum atomic E-state index is -0.132. The molecular formula is C16H17ClN2O. The second-order valence-electron chi connectivity index (χ2n) is 4.54. The number of aryl methyl sites for hydroxylation is 1. The normalized spacial score (nSPS) is 10.2. The van der Waals surface area contributed by atoms with Crippen LogP contribution in [0.4, 0.5) is 11.4 Å². The molecule has 2 aromatic rings. The topological polar surface area (TPSA) is 41.1 Å². The number of benzene rings is 2.